The molecule has 0 aliphatic carbocycles. The van der Waals surface area contributed by atoms with Gasteiger partial charge in [-0.3, -0.25) is 4.79 Å². The Bertz CT molecular complexity index is 382. The van der Waals surface area contributed by atoms with Crippen molar-refractivity contribution in [3.8, 4) is 0 Å². The average molecular weight is 369 g/mol. The number of alkyl halides is 1. The summed E-state index contributed by atoms with van der Waals surface area (Å²) in [5.41, 5.74) is 0.507. The molecule has 0 spiro atoms. The molecule has 0 heterocycles. The number of carbonyl (C=O) groups excluding carboxylic acids is 1. The molecular formula is C11H12Br2ClNO. The summed E-state index contributed by atoms with van der Waals surface area (Å²) >= 11 is 12.7. The number of amides is 1. The van der Waals surface area contributed by atoms with Gasteiger partial charge >= 0.3 is 0 Å². The van der Waals surface area contributed by atoms with Crippen LogP contribution in [0.25, 0.3) is 0 Å². The van der Waals surface area contributed by atoms with Crippen molar-refractivity contribution in [2.24, 2.45) is 0 Å². The minimum atomic E-state index is -0.134. The molecule has 0 radical (unpaired) electrons. The maximum Gasteiger partial charge on any atom is 0.252 e. The normalized spacial score (nSPS) is 12.2. The van der Waals surface area contributed by atoms with Gasteiger partial charge in [0.1, 0.15) is 0 Å². The van der Waals surface area contributed by atoms with Crippen LogP contribution in [0.2, 0.25) is 5.02 Å². The van der Waals surface area contributed by atoms with E-state index in [1.54, 1.807) is 18.2 Å². The van der Waals surface area contributed by atoms with Crippen molar-refractivity contribution in [2.45, 2.75) is 18.2 Å². The summed E-state index contributed by atoms with van der Waals surface area (Å²) in [6, 6.07) is 5.22. The quantitative estimate of drug-likeness (QED) is 0.799. The van der Waals surface area contributed by atoms with Gasteiger partial charge < -0.3 is 5.32 Å². The van der Waals surface area contributed by atoms with Gasteiger partial charge in [-0.25, -0.2) is 0 Å². The summed E-state index contributed by atoms with van der Waals surface area (Å²) in [5, 5.41) is 3.28. The molecular weight excluding hydrogens is 357 g/mol. The van der Waals surface area contributed by atoms with Gasteiger partial charge in [0.25, 0.3) is 5.91 Å². The highest BCUT2D eigenvalue weighted by Gasteiger charge is 2.09. The first kappa shape index (κ1) is 14.0. The number of nitrogens with one attached hydrogen (secondary N) is 1. The van der Waals surface area contributed by atoms with Gasteiger partial charge in [0.05, 0.1) is 10.6 Å². The Morgan fingerprint density at radius 3 is 2.81 bits per heavy atom. The van der Waals surface area contributed by atoms with Crippen LogP contribution in [0.1, 0.15) is 23.7 Å². The fourth-order valence-electron chi connectivity index (χ4n) is 1.15. The predicted molar refractivity (Wildman–Crippen MR) is 74.5 cm³/mol. The van der Waals surface area contributed by atoms with E-state index in [1.165, 1.54) is 0 Å². The van der Waals surface area contributed by atoms with Crippen LogP contribution in [0.15, 0.2) is 22.7 Å². The Morgan fingerprint density at radius 1 is 1.56 bits per heavy atom. The van der Waals surface area contributed by atoms with Crippen molar-refractivity contribution < 1.29 is 4.79 Å². The zero-order valence-corrected chi connectivity index (χ0v) is 12.7. The molecule has 1 aromatic carbocycles. The third kappa shape index (κ3) is 4.44. The molecule has 0 bridgehead atoms. The van der Waals surface area contributed by atoms with Gasteiger partial charge in [0.2, 0.25) is 0 Å². The number of hydrogen-bond acceptors (Lipinski definition) is 1. The van der Waals surface area contributed by atoms with Gasteiger partial charge in [-0.15, -0.1) is 0 Å². The molecule has 16 heavy (non-hydrogen) atoms. The van der Waals surface area contributed by atoms with E-state index in [9.17, 15) is 4.79 Å². The standard InChI is InChI=1S/C11H12Br2ClNO/c1-7(12)4-5-15-11(16)9-3-2-8(13)6-10(9)14/h2-3,6-7H,4-5H2,1H3,(H,15,16). The van der Waals surface area contributed by atoms with Crippen LogP contribution in [0.5, 0.6) is 0 Å². The third-order valence-electron chi connectivity index (χ3n) is 2.00. The van der Waals surface area contributed by atoms with Crippen molar-refractivity contribution in [3.05, 3.63) is 33.3 Å². The maximum atomic E-state index is 11.7. The summed E-state index contributed by atoms with van der Waals surface area (Å²) in [4.78, 5) is 12.1. The van der Waals surface area contributed by atoms with Crippen LogP contribution in [0.3, 0.4) is 0 Å². The molecule has 0 aliphatic rings. The number of benzene rings is 1. The van der Waals surface area contributed by atoms with E-state index in [0.29, 0.717) is 22.0 Å². The Balaban J connectivity index is 2.59. The van der Waals surface area contributed by atoms with Crippen LogP contribution < -0.4 is 5.32 Å². The molecule has 5 heteroatoms. The lowest BCUT2D eigenvalue weighted by Gasteiger charge is -2.07. The SMILES string of the molecule is CC(Br)CCNC(=O)c1ccc(Br)cc1Cl. The van der Waals surface area contributed by atoms with Crippen LogP contribution >= 0.6 is 43.5 Å². The summed E-state index contributed by atoms with van der Waals surface area (Å²) in [6.45, 7) is 2.68. The van der Waals surface area contributed by atoms with Gasteiger partial charge in [0.15, 0.2) is 0 Å². The molecule has 0 saturated heterocycles. The average Bonchev–Trinajstić information content (AvgIpc) is 2.16. The lowest BCUT2D eigenvalue weighted by atomic mass is 10.2. The number of rotatable bonds is 4. The van der Waals surface area contributed by atoms with Crippen molar-refractivity contribution in [2.75, 3.05) is 6.54 Å². The molecule has 1 rings (SSSR count). The topological polar surface area (TPSA) is 29.1 Å². The highest BCUT2D eigenvalue weighted by molar-refractivity contribution is 9.10. The molecule has 2 nitrogen and oxygen atoms in total. The van der Waals surface area contributed by atoms with Crippen LogP contribution in [-0.4, -0.2) is 17.3 Å². The monoisotopic (exact) mass is 367 g/mol. The molecule has 88 valence electrons. The molecule has 0 saturated carbocycles. The Morgan fingerprint density at radius 2 is 2.25 bits per heavy atom. The number of halogens is 3. The molecule has 1 atom stereocenters. The first-order valence-electron chi connectivity index (χ1n) is 4.88. The molecule has 1 unspecified atom stereocenters. The molecule has 0 aromatic heterocycles. The first-order valence-corrected chi connectivity index (χ1v) is 6.96. The first-order chi connectivity index (χ1) is 7.50. The lowest BCUT2D eigenvalue weighted by molar-refractivity contribution is 0.0953. The second kappa shape index (κ2) is 6.62. The van der Waals surface area contributed by atoms with E-state index < -0.39 is 0 Å². The summed E-state index contributed by atoms with van der Waals surface area (Å²) in [6.07, 6.45) is 0.889. The van der Waals surface area contributed by atoms with Crippen LogP contribution in [-0.2, 0) is 0 Å². The fraction of sp³-hybridized carbons (Fsp3) is 0.364. The van der Waals surface area contributed by atoms with Crippen LogP contribution in [0.4, 0.5) is 0 Å². The molecule has 0 fully saturated rings. The summed E-state index contributed by atoms with van der Waals surface area (Å²) < 4.78 is 0.864. The van der Waals surface area contributed by atoms with E-state index in [2.05, 4.69) is 37.2 Å². The molecule has 1 N–H and O–H groups in total. The lowest BCUT2D eigenvalue weighted by Crippen LogP contribution is -2.25. The van der Waals surface area contributed by atoms with Gasteiger partial charge in [-0.05, 0) is 24.6 Å². The van der Waals surface area contributed by atoms with Crippen molar-refractivity contribution in [1.29, 1.82) is 0 Å². The number of hydrogen-bond donors (Lipinski definition) is 1. The van der Waals surface area contributed by atoms with Crippen molar-refractivity contribution in [1.82, 2.24) is 5.32 Å². The Kier molecular flexibility index (Phi) is 5.79. The highest BCUT2D eigenvalue weighted by atomic mass is 79.9. The van der Waals surface area contributed by atoms with Crippen molar-refractivity contribution in [3.63, 3.8) is 0 Å². The largest absolute Gasteiger partial charge is 0.352 e. The van der Waals surface area contributed by atoms with E-state index in [1.807, 2.05) is 6.92 Å². The third-order valence-corrected chi connectivity index (χ3v) is 3.27. The zero-order valence-electron chi connectivity index (χ0n) is 8.77. The van der Waals surface area contributed by atoms with Gasteiger partial charge in [-0.2, -0.15) is 0 Å². The second-order valence-electron chi connectivity index (χ2n) is 3.45. The maximum absolute atomic E-state index is 11.7. The van der Waals surface area contributed by atoms with E-state index in [4.69, 9.17) is 11.6 Å². The van der Waals surface area contributed by atoms with Gasteiger partial charge in [-0.1, -0.05) is 50.4 Å². The van der Waals surface area contributed by atoms with Gasteiger partial charge in [0, 0.05) is 15.8 Å². The fourth-order valence-corrected chi connectivity index (χ4v) is 2.14. The smallest absolute Gasteiger partial charge is 0.252 e. The van der Waals surface area contributed by atoms with E-state index >= 15 is 0 Å². The minimum Gasteiger partial charge on any atom is -0.352 e. The highest BCUT2D eigenvalue weighted by Crippen LogP contribution is 2.21. The summed E-state index contributed by atoms with van der Waals surface area (Å²) in [7, 11) is 0. The summed E-state index contributed by atoms with van der Waals surface area (Å²) in [5.74, 6) is -0.134. The van der Waals surface area contributed by atoms with E-state index in [-0.39, 0.29) is 5.91 Å². The second-order valence-corrected chi connectivity index (χ2v) is 6.34. The Labute approximate surface area is 117 Å². The van der Waals surface area contributed by atoms with E-state index in [0.717, 1.165) is 10.9 Å². The molecule has 1 aromatic rings. The molecule has 0 aliphatic heterocycles. The minimum absolute atomic E-state index is 0.134. The Hall–Kier alpha value is -0.0600. The number of carbonyl (C=O) groups is 1. The van der Waals surface area contributed by atoms with Crippen molar-refractivity contribution >= 4 is 49.4 Å². The predicted octanol–water partition coefficient (Wildman–Crippen LogP) is 4.01. The molecule has 1 amide bonds. The van der Waals surface area contributed by atoms with Crippen LogP contribution in [0, 0.1) is 0 Å². The zero-order chi connectivity index (χ0) is 12.1.